The van der Waals surface area contributed by atoms with E-state index >= 15 is 0 Å². The normalized spacial score (nSPS) is 11.3. The number of aryl methyl sites for hydroxylation is 2. The maximum atomic E-state index is 6.27. The van der Waals surface area contributed by atoms with E-state index in [4.69, 9.17) is 9.47 Å². The molecule has 0 aliphatic rings. The van der Waals surface area contributed by atoms with Crippen molar-refractivity contribution in [1.29, 1.82) is 0 Å². The standard InChI is InChI=1S/C36H26N8O2/c1-41-23-43(33-11-5-15-39-35(33)41)25-7-3-9-27(19-25)45-29-13-17-37-31(21-29)32-22-30(14-18-38-32)46-28-10-4-8-26(20-28)44-24-42(2)36-34(44)12-6-16-40-36/h3-22H,1-2H3. The smallest absolute Gasteiger partial charge is 0.245 e. The summed E-state index contributed by atoms with van der Waals surface area (Å²) in [6.45, 7) is 0. The van der Waals surface area contributed by atoms with E-state index in [0.717, 1.165) is 33.7 Å². The molecule has 6 heterocycles. The lowest BCUT2D eigenvalue weighted by molar-refractivity contribution is -0.573. The molecule has 2 aromatic carbocycles. The Morgan fingerprint density at radius 1 is 0.500 bits per heavy atom. The van der Waals surface area contributed by atoms with E-state index in [1.807, 2.05) is 129 Å². The molecule has 0 unspecified atom stereocenters. The zero-order chi connectivity index (χ0) is 31.0. The van der Waals surface area contributed by atoms with Gasteiger partial charge in [0.05, 0.1) is 47.9 Å². The first kappa shape index (κ1) is 27.2. The van der Waals surface area contributed by atoms with Crippen molar-refractivity contribution in [2.45, 2.75) is 0 Å². The summed E-state index contributed by atoms with van der Waals surface area (Å²) in [5, 5.41) is 0. The second-order valence-corrected chi connectivity index (χ2v) is 10.6. The van der Waals surface area contributed by atoms with Gasteiger partial charge >= 0.3 is 0 Å². The summed E-state index contributed by atoms with van der Waals surface area (Å²) in [4.78, 5) is 18.0. The topological polar surface area (TPSA) is 87.6 Å². The highest BCUT2D eigenvalue weighted by molar-refractivity contribution is 5.67. The van der Waals surface area contributed by atoms with Crippen molar-refractivity contribution in [2.24, 2.45) is 14.1 Å². The Hall–Kier alpha value is -6.42. The lowest BCUT2D eigenvalue weighted by Crippen LogP contribution is -2.29. The number of imidazole rings is 2. The fourth-order valence-electron chi connectivity index (χ4n) is 5.41. The SMILES string of the molecule is Cn1[c-][n+](-c2cccc(Oc3ccnc(-c4cc(Oc5cccc(-[n+]6[c-]n(C)c7ncccc76)c5)ccn4)c3)c2)c2cccnc21. The third kappa shape index (κ3) is 5.07. The lowest BCUT2D eigenvalue weighted by atomic mass is 10.2. The number of pyridine rings is 4. The van der Waals surface area contributed by atoms with Crippen molar-refractivity contribution in [3.63, 3.8) is 0 Å². The molecule has 222 valence electrons. The van der Waals surface area contributed by atoms with E-state index in [0.29, 0.717) is 34.4 Å². The first-order chi connectivity index (χ1) is 22.6. The Bertz CT molecular complexity index is 2210. The van der Waals surface area contributed by atoms with Crippen molar-refractivity contribution in [3.8, 4) is 45.8 Å². The summed E-state index contributed by atoms with van der Waals surface area (Å²) in [5.41, 5.74) is 6.74. The van der Waals surface area contributed by atoms with Gasteiger partial charge < -0.3 is 27.7 Å². The molecule has 0 aliphatic heterocycles. The number of ether oxygens (including phenoxy) is 2. The van der Waals surface area contributed by atoms with Crippen LogP contribution in [0.1, 0.15) is 0 Å². The molecule has 0 saturated carbocycles. The summed E-state index contributed by atoms with van der Waals surface area (Å²) in [7, 11) is 3.86. The predicted molar refractivity (Wildman–Crippen MR) is 170 cm³/mol. The van der Waals surface area contributed by atoms with Crippen LogP contribution < -0.4 is 18.6 Å². The molecule has 0 atom stereocenters. The molecule has 46 heavy (non-hydrogen) atoms. The van der Waals surface area contributed by atoms with Crippen LogP contribution in [0.15, 0.2) is 122 Å². The number of rotatable bonds is 7. The highest BCUT2D eigenvalue weighted by Crippen LogP contribution is 2.29. The van der Waals surface area contributed by atoms with Crippen molar-refractivity contribution >= 4 is 22.3 Å². The number of hydrogen-bond donors (Lipinski definition) is 0. The lowest BCUT2D eigenvalue weighted by Gasteiger charge is -2.11. The van der Waals surface area contributed by atoms with Crippen LogP contribution in [-0.2, 0) is 14.1 Å². The van der Waals surface area contributed by atoms with Crippen LogP contribution in [0, 0.1) is 12.7 Å². The van der Waals surface area contributed by atoms with E-state index in [-0.39, 0.29) is 0 Å². The first-order valence-electron chi connectivity index (χ1n) is 14.6. The second kappa shape index (κ2) is 11.3. The molecule has 0 spiro atoms. The molecule has 0 fully saturated rings. The van der Waals surface area contributed by atoms with Crippen molar-refractivity contribution in [2.75, 3.05) is 0 Å². The second-order valence-electron chi connectivity index (χ2n) is 10.6. The maximum absolute atomic E-state index is 6.27. The number of aromatic nitrogens is 8. The van der Waals surface area contributed by atoms with Gasteiger partial charge in [-0.1, -0.05) is 48.5 Å². The fraction of sp³-hybridized carbons (Fsp3) is 0.0556. The number of nitrogens with zero attached hydrogens (tertiary/aromatic N) is 8. The zero-order valence-corrected chi connectivity index (χ0v) is 24.9. The van der Waals surface area contributed by atoms with Crippen molar-refractivity contribution < 1.29 is 18.6 Å². The third-order valence-electron chi connectivity index (χ3n) is 7.50. The van der Waals surface area contributed by atoms with E-state index in [2.05, 4.69) is 32.6 Å². The van der Waals surface area contributed by atoms with Crippen LogP contribution >= 0.6 is 0 Å². The largest absolute Gasteiger partial charge is 0.458 e. The van der Waals surface area contributed by atoms with Gasteiger partial charge in [0.25, 0.3) is 0 Å². The Labute approximate surface area is 264 Å². The zero-order valence-electron chi connectivity index (χ0n) is 24.9. The van der Waals surface area contributed by atoms with Gasteiger partial charge in [-0.3, -0.25) is 19.9 Å². The molecule has 6 aromatic heterocycles. The molecule has 8 rings (SSSR count). The van der Waals surface area contributed by atoms with E-state index in [1.165, 1.54) is 0 Å². The number of hydrogen-bond acceptors (Lipinski definition) is 6. The van der Waals surface area contributed by atoms with Crippen LogP contribution in [0.2, 0.25) is 0 Å². The van der Waals surface area contributed by atoms with Gasteiger partial charge in [0, 0.05) is 36.9 Å². The molecule has 0 saturated heterocycles. The third-order valence-corrected chi connectivity index (χ3v) is 7.50. The average Bonchev–Trinajstić information content (AvgIpc) is 3.62. The predicted octanol–water partition coefficient (Wildman–Crippen LogP) is 5.66. The van der Waals surface area contributed by atoms with Crippen LogP contribution in [0.4, 0.5) is 0 Å². The van der Waals surface area contributed by atoms with Gasteiger partial charge in [-0.25, -0.2) is 0 Å². The maximum Gasteiger partial charge on any atom is 0.245 e. The number of benzene rings is 2. The molecule has 10 heteroatoms. The minimum Gasteiger partial charge on any atom is -0.458 e. The van der Waals surface area contributed by atoms with Crippen molar-refractivity contribution in [3.05, 3.63) is 135 Å². The van der Waals surface area contributed by atoms with E-state index in [9.17, 15) is 0 Å². The van der Waals surface area contributed by atoms with Gasteiger partial charge in [-0.2, -0.15) is 0 Å². The Balaban J connectivity index is 1.03. The molecule has 8 aromatic rings. The summed E-state index contributed by atoms with van der Waals surface area (Å²) in [6.07, 6.45) is 13.6. The van der Waals surface area contributed by atoms with E-state index in [1.54, 1.807) is 24.8 Å². The monoisotopic (exact) mass is 602 g/mol. The highest BCUT2D eigenvalue weighted by atomic mass is 16.5. The first-order valence-corrected chi connectivity index (χ1v) is 14.6. The summed E-state index contributed by atoms with van der Waals surface area (Å²) in [5.74, 6) is 2.63. The van der Waals surface area contributed by atoms with Gasteiger partial charge in [0.1, 0.15) is 23.0 Å². The van der Waals surface area contributed by atoms with Crippen LogP contribution in [-0.4, -0.2) is 29.1 Å². The minimum absolute atomic E-state index is 0.634. The molecule has 10 nitrogen and oxygen atoms in total. The van der Waals surface area contributed by atoms with Gasteiger partial charge in [-0.05, 0) is 36.4 Å². The van der Waals surface area contributed by atoms with Gasteiger partial charge in [0.2, 0.25) is 12.7 Å². The average molecular weight is 603 g/mol. The minimum atomic E-state index is 0.634. The van der Waals surface area contributed by atoms with Crippen LogP contribution in [0.3, 0.4) is 0 Å². The fourth-order valence-corrected chi connectivity index (χ4v) is 5.41. The summed E-state index contributed by atoms with van der Waals surface area (Å²) < 4.78 is 20.2. The molecule has 0 aliphatic carbocycles. The van der Waals surface area contributed by atoms with Crippen LogP contribution in [0.25, 0.3) is 45.1 Å². The molecule has 0 bridgehead atoms. The van der Waals surface area contributed by atoms with Crippen LogP contribution in [0.5, 0.6) is 23.0 Å². The summed E-state index contributed by atoms with van der Waals surface area (Å²) >= 11 is 0. The van der Waals surface area contributed by atoms with Gasteiger partial charge in [-0.15, -0.1) is 0 Å². The molecule has 0 radical (unpaired) electrons. The van der Waals surface area contributed by atoms with Crippen molar-refractivity contribution in [1.82, 2.24) is 29.1 Å². The van der Waals surface area contributed by atoms with Gasteiger partial charge in [0.15, 0.2) is 11.3 Å². The quantitative estimate of drug-likeness (QED) is 0.173. The highest BCUT2D eigenvalue weighted by Gasteiger charge is 2.12. The molecular weight excluding hydrogens is 576 g/mol. The number of fused-ring (bicyclic) bond motifs is 2. The Morgan fingerprint density at radius 3 is 1.43 bits per heavy atom. The Morgan fingerprint density at radius 2 is 0.957 bits per heavy atom. The van der Waals surface area contributed by atoms with E-state index < -0.39 is 0 Å². The molecule has 0 N–H and O–H groups in total. The Kier molecular flexibility index (Phi) is 6.64. The molecular formula is C36H26N8O2. The molecule has 0 amide bonds. The summed E-state index contributed by atoms with van der Waals surface area (Å²) in [6, 6.07) is 30.9.